The molecule has 0 unspecified atom stereocenters. The van der Waals surface area contributed by atoms with E-state index in [0.29, 0.717) is 5.56 Å². The molecule has 0 spiro atoms. The molecule has 0 atom stereocenters. The smallest absolute Gasteiger partial charge is 0.269 e. The summed E-state index contributed by atoms with van der Waals surface area (Å²) in [7, 11) is 0. The van der Waals surface area contributed by atoms with Gasteiger partial charge in [-0.25, -0.2) is 5.84 Å². The first-order chi connectivity index (χ1) is 5.66. The summed E-state index contributed by atoms with van der Waals surface area (Å²) in [6.45, 7) is 1.73. The number of aromatic hydroxyl groups is 1. The maximum atomic E-state index is 11.1. The monoisotopic (exact) mass is 166 g/mol. The van der Waals surface area contributed by atoms with Gasteiger partial charge in [-0.15, -0.1) is 0 Å². The molecule has 0 fully saturated rings. The van der Waals surface area contributed by atoms with Crippen LogP contribution in [0.1, 0.15) is 15.9 Å². The maximum Gasteiger partial charge on any atom is 0.269 e. The molecule has 1 aromatic carbocycles. The molecule has 4 heteroatoms. The molecule has 0 bridgehead atoms. The molecule has 64 valence electrons. The molecular weight excluding hydrogens is 156 g/mol. The fourth-order valence-electron chi connectivity index (χ4n) is 1.02. The van der Waals surface area contributed by atoms with E-state index in [2.05, 4.69) is 0 Å². The van der Waals surface area contributed by atoms with E-state index in [1.807, 2.05) is 5.43 Å². The lowest BCUT2D eigenvalue weighted by Crippen LogP contribution is -2.30. The Morgan fingerprint density at radius 2 is 2.25 bits per heavy atom. The fourth-order valence-corrected chi connectivity index (χ4v) is 1.02. The SMILES string of the molecule is Cc1cccc(O)c1C(=O)NN. The van der Waals surface area contributed by atoms with Crippen molar-refractivity contribution in [2.45, 2.75) is 6.92 Å². The summed E-state index contributed by atoms with van der Waals surface area (Å²) in [5.41, 5.74) is 2.88. The Hall–Kier alpha value is -1.55. The quantitative estimate of drug-likeness (QED) is 0.319. The molecule has 0 aliphatic rings. The van der Waals surface area contributed by atoms with Gasteiger partial charge in [0, 0.05) is 0 Å². The molecule has 4 nitrogen and oxygen atoms in total. The highest BCUT2D eigenvalue weighted by Gasteiger charge is 2.11. The molecule has 0 saturated carbocycles. The van der Waals surface area contributed by atoms with Crippen LogP contribution in [0.3, 0.4) is 0 Å². The highest BCUT2D eigenvalue weighted by Crippen LogP contribution is 2.19. The zero-order valence-corrected chi connectivity index (χ0v) is 6.66. The maximum absolute atomic E-state index is 11.1. The number of phenolic OH excluding ortho intramolecular Hbond substituents is 1. The van der Waals surface area contributed by atoms with E-state index in [0.717, 1.165) is 0 Å². The number of hydrogen-bond donors (Lipinski definition) is 3. The minimum absolute atomic E-state index is 0.0575. The van der Waals surface area contributed by atoms with Crippen LogP contribution in [0.4, 0.5) is 0 Å². The molecule has 0 saturated heterocycles. The normalized spacial score (nSPS) is 9.50. The Balaban J connectivity index is 3.21. The third kappa shape index (κ3) is 1.38. The number of amides is 1. The minimum atomic E-state index is -0.481. The van der Waals surface area contributed by atoms with Crippen molar-refractivity contribution in [1.82, 2.24) is 5.43 Å². The zero-order chi connectivity index (χ0) is 9.14. The standard InChI is InChI=1S/C8H10N2O2/c1-5-3-2-4-6(11)7(5)8(12)10-9/h2-4,11H,9H2,1H3,(H,10,12). The average Bonchev–Trinajstić information content (AvgIpc) is 2.03. The van der Waals surface area contributed by atoms with Crippen molar-refractivity contribution in [3.8, 4) is 5.75 Å². The zero-order valence-electron chi connectivity index (χ0n) is 6.66. The van der Waals surface area contributed by atoms with Crippen LogP contribution < -0.4 is 11.3 Å². The summed E-state index contributed by atoms with van der Waals surface area (Å²) in [5, 5.41) is 9.28. The van der Waals surface area contributed by atoms with Crippen molar-refractivity contribution >= 4 is 5.91 Å². The number of nitrogen functional groups attached to an aromatic ring is 1. The van der Waals surface area contributed by atoms with Crippen molar-refractivity contribution in [2.24, 2.45) is 5.84 Å². The van der Waals surface area contributed by atoms with E-state index in [4.69, 9.17) is 5.84 Å². The van der Waals surface area contributed by atoms with Gasteiger partial charge in [-0.05, 0) is 18.6 Å². The molecule has 0 heterocycles. The summed E-state index contributed by atoms with van der Waals surface area (Å²) >= 11 is 0. The van der Waals surface area contributed by atoms with Crippen LogP contribution in [0.5, 0.6) is 5.75 Å². The van der Waals surface area contributed by atoms with Crippen LogP contribution in [0.25, 0.3) is 0 Å². The van der Waals surface area contributed by atoms with Gasteiger partial charge in [0.05, 0.1) is 5.56 Å². The number of phenols is 1. The number of rotatable bonds is 1. The number of hydrogen-bond acceptors (Lipinski definition) is 3. The lowest BCUT2D eigenvalue weighted by molar-refractivity contribution is 0.0950. The van der Waals surface area contributed by atoms with Crippen LogP contribution in [0.15, 0.2) is 18.2 Å². The largest absolute Gasteiger partial charge is 0.507 e. The number of nitrogens with one attached hydrogen (secondary N) is 1. The van der Waals surface area contributed by atoms with Crippen molar-refractivity contribution < 1.29 is 9.90 Å². The van der Waals surface area contributed by atoms with E-state index >= 15 is 0 Å². The van der Waals surface area contributed by atoms with Crippen molar-refractivity contribution in [2.75, 3.05) is 0 Å². The Labute approximate surface area is 70.0 Å². The summed E-state index contributed by atoms with van der Waals surface area (Å²) in [6.07, 6.45) is 0. The lowest BCUT2D eigenvalue weighted by atomic mass is 10.1. The first kappa shape index (κ1) is 8.55. The van der Waals surface area contributed by atoms with Gasteiger partial charge in [0.25, 0.3) is 5.91 Å². The Bertz CT molecular complexity index is 290. The Kier molecular flexibility index (Phi) is 2.30. The lowest BCUT2D eigenvalue weighted by Gasteiger charge is -2.05. The molecular formula is C8H10N2O2. The van der Waals surface area contributed by atoms with Gasteiger partial charge in [0.1, 0.15) is 5.75 Å². The minimum Gasteiger partial charge on any atom is -0.507 e. The Morgan fingerprint density at radius 1 is 1.58 bits per heavy atom. The first-order valence-corrected chi connectivity index (χ1v) is 3.46. The fraction of sp³-hybridized carbons (Fsp3) is 0.125. The van der Waals surface area contributed by atoms with E-state index in [1.165, 1.54) is 6.07 Å². The van der Waals surface area contributed by atoms with Gasteiger partial charge in [0.2, 0.25) is 0 Å². The number of aryl methyl sites for hydroxylation is 1. The van der Waals surface area contributed by atoms with Crippen molar-refractivity contribution in [1.29, 1.82) is 0 Å². The highest BCUT2D eigenvalue weighted by atomic mass is 16.3. The van der Waals surface area contributed by atoms with E-state index in [1.54, 1.807) is 19.1 Å². The van der Waals surface area contributed by atoms with E-state index in [9.17, 15) is 9.90 Å². The van der Waals surface area contributed by atoms with Gasteiger partial charge < -0.3 is 5.11 Å². The first-order valence-electron chi connectivity index (χ1n) is 3.46. The molecule has 0 aromatic heterocycles. The Morgan fingerprint density at radius 3 is 2.75 bits per heavy atom. The number of carbonyl (C=O) groups excluding carboxylic acids is 1. The number of carbonyl (C=O) groups is 1. The van der Waals surface area contributed by atoms with Crippen LogP contribution in [0, 0.1) is 6.92 Å². The van der Waals surface area contributed by atoms with Crippen LogP contribution in [-0.4, -0.2) is 11.0 Å². The molecule has 4 N–H and O–H groups in total. The summed E-state index contributed by atoms with van der Waals surface area (Å²) in [5.74, 6) is 4.39. The second-order valence-corrected chi connectivity index (χ2v) is 2.44. The van der Waals surface area contributed by atoms with Crippen molar-refractivity contribution in [3.63, 3.8) is 0 Å². The molecule has 0 aliphatic carbocycles. The topological polar surface area (TPSA) is 75.3 Å². The van der Waals surface area contributed by atoms with Gasteiger partial charge in [-0.2, -0.15) is 0 Å². The van der Waals surface area contributed by atoms with E-state index < -0.39 is 5.91 Å². The molecule has 0 radical (unpaired) electrons. The number of benzene rings is 1. The molecule has 0 aliphatic heterocycles. The summed E-state index contributed by atoms with van der Waals surface area (Å²) in [6, 6.07) is 4.83. The molecule has 12 heavy (non-hydrogen) atoms. The molecule has 1 aromatic rings. The second-order valence-electron chi connectivity index (χ2n) is 2.44. The number of hydrazine groups is 1. The average molecular weight is 166 g/mol. The predicted octanol–water partition coefficient (Wildman–Crippen LogP) is 0.304. The van der Waals surface area contributed by atoms with Gasteiger partial charge >= 0.3 is 0 Å². The third-order valence-corrected chi connectivity index (χ3v) is 1.61. The predicted molar refractivity (Wildman–Crippen MR) is 44.5 cm³/mol. The van der Waals surface area contributed by atoms with Crippen LogP contribution in [0.2, 0.25) is 0 Å². The van der Waals surface area contributed by atoms with Crippen LogP contribution in [-0.2, 0) is 0 Å². The van der Waals surface area contributed by atoms with Crippen molar-refractivity contribution in [3.05, 3.63) is 29.3 Å². The molecule has 1 amide bonds. The van der Waals surface area contributed by atoms with Gasteiger partial charge in [-0.3, -0.25) is 10.2 Å². The number of nitrogens with two attached hydrogens (primary N) is 1. The second kappa shape index (κ2) is 3.23. The third-order valence-electron chi connectivity index (χ3n) is 1.61. The highest BCUT2D eigenvalue weighted by molar-refractivity contribution is 5.97. The summed E-state index contributed by atoms with van der Waals surface area (Å²) < 4.78 is 0. The van der Waals surface area contributed by atoms with Gasteiger partial charge in [0.15, 0.2) is 0 Å². The molecule has 1 rings (SSSR count). The van der Waals surface area contributed by atoms with Crippen LogP contribution >= 0.6 is 0 Å². The van der Waals surface area contributed by atoms with Gasteiger partial charge in [-0.1, -0.05) is 12.1 Å². The van der Waals surface area contributed by atoms with E-state index in [-0.39, 0.29) is 11.3 Å². The summed E-state index contributed by atoms with van der Waals surface area (Å²) in [4.78, 5) is 11.1.